The second kappa shape index (κ2) is 13.5. The third kappa shape index (κ3) is 7.07. The van der Waals surface area contributed by atoms with Crippen molar-refractivity contribution in [3.05, 3.63) is 53.5 Å². The Labute approximate surface area is 253 Å². The summed E-state index contributed by atoms with van der Waals surface area (Å²) in [7, 11) is 0. The number of aliphatic imine (C=N–C) groups is 1. The second-order valence-corrected chi connectivity index (χ2v) is 12.4. The van der Waals surface area contributed by atoms with Gasteiger partial charge in [-0.1, -0.05) is 6.42 Å². The van der Waals surface area contributed by atoms with E-state index in [1.165, 1.54) is 43.5 Å². The van der Waals surface area contributed by atoms with Crippen LogP contribution < -0.4 is 15.0 Å². The molecule has 0 unspecified atom stereocenters. The molecular weight excluding hydrogens is 547 g/mol. The van der Waals surface area contributed by atoms with Crippen LogP contribution in [0.1, 0.15) is 67.8 Å². The van der Waals surface area contributed by atoms with Crippen LogP contribution in [0.25, 0.3) is 0 Å². The number of piperazine rings is 1. The molecule has 4 aliphatic rings. The number of piperidine rings is 1. The smallest absolute Gasteiger partial charge is 0.278 e. The minimum Gasteiger partial charge on any atom is -0.476 e. The van der Waals surface area contributed by atoms with Crippen molar-refractivity contribution >= 4 is 23.3 Å². The monoisotopic (exact) mass is 590 g/mol. The fraction of sp³-hybridized carbons (Fsp3) is 0.576. The first kappa shape index (κ1) is 29.7. The Morgan fingerprint density at radius 2 is 1.84 bits per heavy atom. The molecule has 10 heteroatoms. The summed E-state index contributed by atoms with van der Waals surface area (Å²) in [6.07, 6.45) is 9.38. The highest BCUT2D eigenvalue weighted by Crippen LogP contribution is 2.39. The van der Waals surface area contributed by atoms with Crippen LogP contribution in [0, 0.1) is 11.7 Å². The number of likely N-dealkylation sites (tertiary alicyclic amines) is 1. The quantitative estimate of drug-likeness (QED) is 0.520. The molecule has 4 heterocycles. The van der Waals surface area contributed by atoms with Crippen LogP contribution >= 0.6 is 0 Å². The Morgan fingerprint density at radius 3 is 2.58 bits per heavy atom. The SMILES string of the molecule is C[C@H]1CN(C(=O)C2CCC(N3C(=NC(=O)c4ccc(F)cc4)Cc4cnc(OCCN5CCCCC5)cc43)CC2)CCN1. The van der Waals surface area contributed by atoms with Crippen molar-refractivity contribution in [1.82, 2.24) is 20.1 Å². The zero-order valence-corrected chi connectivity index (χ0v) is 25.1. The normalized spacial score (nSPS) is 25.5. The van der Waals surface area contributed by atoms with Crippen LogP contribution in [0.4, 0.5) is 10.1 Å². The van der Waals surface area contributed by atoms with Gasteiger partial charge in [-0.05, 0) is 82.8 Å². The standard InChI is InChI=1S/C33H43FN6O3/c1-23-22-39(16-13-35-23)33(42)25-7-11-28(12-8-25)40-29-20-31(43-18-17-38-14-3-2-4-15-38)36-21-26(29)19-30(40)37-32(41)24-5-9-27(34)10-6-24/h5-6,9-10,20-21,23,25,28,35H,2-4,7-8,11-19,22H2,1H3/t23-,25?,28?/m0/s1. The number of fused-ring (bicyclic) bond motifs is 1. The summed E-state index contributed by atoms with van der Waals surface area (Å²) in [5, 5.41) is 3.41. The molecule has 0 bridgehead atoms. The molecule has 9 nitrogen and oxygen atoms in total. The van der Waals surface area contributed by atoms with Crippen molar-refractivity contribution in [3.63, 3.8) is 0 Å². The molecule has 0 radical (unpaired) electrons. The van der Waals surface area contributed by atoms with Gasteiger partial charge in [0.25, 0.3) is 5.91 Å². The van der Waals surface area contributed by atoms with Gasteiger partial charge in [0.2, 0.25) is 11.8 Å². The van der Waals surface area contributed by atoms with E-state index < -0.39 is 5.91 Å². The molecule has 3 fully saturated rings. The van der Waals surface area contributed by atoms with Gasteiger partial charge in [0.15, 0.2) is 0 Å². The molecule has 6 rings (SSSR count). The van der Waals surface area contributed by atoms with E-state index in [9.17, 15) is 14.0 Å². The summed E-state index contributed by atoms with van der Waals surface area (Å²) < 4.78 is 19.6. The first-order chi connectivity index (χ1) is 20.9. The number of amidine groups is 1. The van der Waals surface area contributed by atoms with Crippen LogP contribution in [-0.4, -0.2) is 90.4 Å². The van der Waals surface area contributed by atoms with E-state index in [1.807, 2.05) is 17.2 Å². The number of hydrogen-bond donors (Lipinski definition) is 1. The predicted molar refractivity (Wildman–Crippen MR) is 164 cm³/mol. The lowest BCUT2D eigenvalue weighted by Crippen LogP contribution is -2.53. The minimum atomic E-state index is -0.393. The van der Waals surface area contributed by atoms with E-state index >= 15 is 0 Å². The van der Waals surface area contributed by atoms with Gasteiger partial charge in [-0.3, -0.25) is 14.5 Å². The lowest BCUT2D eigenvalue weighted by molar-refractivity contribution is -0.137. The molecule has 43 heavy (non-hydrogen) atoms. The maximum atomic E-state index is 13.5. The molecule has 1 aromatic heterocycles. The van der Waals surface area contributed by atoms with E-state index in [0.29, 0.717) is 36.3 Å². The number of carbonyl (C=O) groups excluding carboxylic acids is 2. The predicted octanol–water partition coefficient (Wildman–Crippen LogP) is 4.07. The number of anilines is 1. The van der Waals surface area contributed by atoms with Gasteiger partial charge < -0.3 is 19.9 Å². The summed E-state index contributed by atoms with van der Waals surface area (Å²) in [5.41, 5.74) is 2.32. The number of amides is 2. The Hall–Kier alpha value is -3.37. The van der Waals surface area contributed by atoms with Crippen molar-refractivity contribution in [2.75, 3.05) is 50.8 Å². The van der Waals surface area contributed by atoms with Crippen molar-refractivity contribution in [1.29, 1.82) is 0 Å². The van der Waals surface area contributed by atoms with Gasteiger partial charge >= 0.3 is 0 Å². The van der Waals surface area contributed by atoms with Gasteiger partial charge in [-0.25, -0.2) is 9.37 Å². The van der Waals surface area contributed by atoms with E-state index in [0.717, 1.165) is 76.2 Å². The Balaban J connectivity index is 1.18. The highest BCUT2D eigenvalue weighted by Gasteiger charge is 2.38. The molecule has 0 spiro atoms. The average Bonchev–Trinajstić information content (AvgIpc) is 3.38. The topological polar surface area (TPSA) is 90.4 Å². The zero-order valence-electron chi connectivity index (χ0n) is 25.1. The van der Waals surface area contributed by atoms with Gasteiger partial charge in [0.1, 0.15) is 18.3 Å². The first-order valence-electron chi connectivity index (χ1n) is 16.0. The second-order valence-electron chi connectivity index (χ2n) is 12.4. The first-order valence-corrected chi connectivity index (χ1v) is 16.0. The van der Waals surface area contributed by atoms with Gasteiger partial charge in [-0.2, -0.15) is 4.99 Å². The third-order valence-corrected chi connectivity index (χ3v) is 9.34. The van der Waals surface area contributed by atoms with Crippen LogP contribution in [0.2, 0.25) is 0 Å². The maximum absolute atomic E-state index is 13.5. The highest BCUT2D eigenvalue weighted by molar-refractivity contribution is 6.12. The van der Waals surface area contributed by atoms with E-state index in [1.54, 1.807) is 0 Å². The minimum absolute atomic E-state index is 0.0241. The molecule has 230 valence electrons. The molecule has 1 aliphatic carbocycles. The largest absolute Gasteiger partial charge is 0.476 e. The number of halogens is 1. The number of aromatic nitrogens is 1. The zero-order chi connectivity index (χ0) is 29.8. The van der Waals surface area contributed by atoms with Crippen LogP contribution in [0.5, 0.6) is 5.88 Å². The molecule has 1 aromatic carbocycles. The van der Waals surface area contributed by atoms with Crippen molar-refractivity contribution in [3.8, 4) is 5.88 Å². The number of benzene rings is 1. The number of nitrogens with one attached hydrogen (secondary N) is 1. The summed E-state index contributed by atoms with van der Waals surface area (Å²) in [5.74, 6) is 0.750. The molecule has 1 N–H and O–H groups in total. The Kier molecular flexibility index (Phi) is 9.33. The molecule has 1 saturated carbocycles. The molecule has 2 aromatic rings. The number of pyridine rings is 1. The van der Waals surface area contributed by atoms with E-state index in [-0.39, 0.29) is 23.7 Å². The number of rotatable bonds is 7. The fourth-order valence-corrected chi connectivity index (χ4v) is 7.00. The van der Waals surface area contributed by atoms with Crippen LogP contribution in [0.3, 0.4) is 0 Å². The Morgan fingerprint density at radius 1 is 1.07 bits per heavy atom. The maximum Gasteiger partial charge on any atom is 0.278 e. The summed E-state index contributed by atoms with van der Waals surface area (Å²) >= 11 is 0. The summed E-state index contributed by atoms with van der Waals surface area (Å²) in [6, 6.07) is 7.91. The van der Waals surface area contributed by atoms with E-state index in [4.69, 9.17) is 4.74 Å². The molecule has 2 saturated heterocycles. The van der Waals surface area contributed by atoms with E-state index in [2.05, 4.69) is 32.0 Å². The van der Waals surface area contributed by atoms with Crippen molar-refractivity contribution < 1.29 is 18.7 Å². The van der Waals surface area contributed by atoms with Gasteiger partial charge in [0.05, 0.1) is 5.69 Å². The molecular formula is C33H43FN6O3. The highest BCUT2D eigenvalue weighted by atomic mass is 19.1. The van der Waals surface area contributed by atoms with Crippen LogP contribution in [-0.2, 0) is 11.2 Å². The lowest BCUT2D eigenvalue weighted by Gasteiger charge is -2.39. The summed E-state index contributed by atoms with van der Waals surface area (Å²) in [6.45, 7) is 8.18. The van der Waals surface area contributed by atoms with Gasteiger partial charge in [0, 0.05) is 74.0 Å². The Bertz CT molecular complexity index is 1320. The molecule has 2 amide bonds. The molecule has 3 aliphatic heterocycles. The average molecular weight is 591 g/mol. The number of hydrogen-bond acceptors (Lipinski definition) is 6. The molecule has 1 atom stereocenters. The van der Waals surface area contributed by atoms with Crippen molar-refractivity contribution in [2.24, 2.45) is 10.9 Å². The van der Waals surface area contributed by atoms with Gasteiger partial charge in [-0.15, -0.1) is 0 Å². The fourth-order valence-electron chi connectivity index (χ4n) is 7.00. The number of ether oxygens (including phenoxy) is 1. The summed E-state index contributed by atoms with van der Waals surface area (Å²) in [4.78, 5) is 42.3. The van der Waals surface area contributed by atoms with Crippen molar-refractivity contribution in [2.45, 2.75) is 70.4 Å². The van der Waals surface area contributed by atoms with Crippen LogP contribution in [0.15, 0.2) is 41.5 Å². The number of carbonyl (C=O) groups is 2. The lowest BCUT2D eigenvalue weighted by atomic mass is 9.84. The third-order valence-electron chi connectivity index (χ3n) is 9.34. The number of nitrogens with zero attached hydrogens (tertiary/aromatic N) is 5.